The van der Waals surface area contributed by atoms with Crippen molar-refractivity contribution in [1.29, 1.82) is 0 Å². The van der Waals surface area contributed by atoms with Crippen LogP contribution in [0.1, 0.15) is 5.56 Å². The smallest absolute Gasteiger partial charge is 0.283 e. The number of aromatic nitrogens is 1. The van der Waals surface area contributed by atoms with Crippen LogP contribution in [0.2, 0.25) is 0 Å². The van der Waals surface area contributed by atoms with E-state index in [1.54, 1.807) is 24.4 Å². The van der Waals surface area contributed by atoms with Crippen molar-refractivity contribution in [3.05, 3.63) is 71.5 Å². The molecule has 0 amide bonds. The summed E-state index contributed by atoms with van der Waals surface area (Å²) in [6.45, 7) is 0.264. The summed E-state index contributed by atoms with van der Waals surface area (Å²) >= 11 is 6.50. The summed E-state index contributed by atoms with van der Waals surface area (Å²) in [5.74, 6) is 0. The summed E-state index contributed by atoms with van der Waals surface area (Å²) in [7, 11) is 0. The molecule has 0 aliphatic heterocycles. The number of nitrogens with zero attached hydrogens (tertiary/aromatic N) is 2. The molecule has 1 heterocycles. The molecule has 0 bridgehead atoms. The number of pyridine rings is 1. The Bertz CT molecular complexity index is 698. The normalized spacial score (nSPS) is 10.4. The van der Waals surface area contributed by atoms with E-state index < -0.39 is 4.92 Å². The maximum Gasteiger partial charge on any atom is 0.283 e. The summed E-state index contributed by atoms with van der Waals surface area (Å²) in [6.07, 6.45) is 1.65. The molecular formula is C12H8Br2N2O3. The van der Waals surface area contributed by atoms with Crippen LogP contribution >= 0.6 is 31.9 Å². The van der Waals surface area contributed by atoms with Crippen molar-refractivity contribution in [2.45, 2.75) is 6.54 Å². The van der Waals surface area contributed by atoms with E-state index in [4.69, 9.17) is 0 Å². The van der Waals surface area contributed by atoms with Crippen molar-refractivity contribution < 1.29 is 4.92 Å². The molecule has 0 N–H and O–H groups in total. The van der Waals surface area contributed by atoms with Gasteiger partial charge in [0.15, 0.2) is 0 Å². The van der Waals surface area contributed by atoms with Crippen molar-refractivity contribution in [1.82, 2.24) is 4.57 Å². The number of hydrogen-bond acceptors (Lipinski definition) is 3. The zero-order valence-electron chi connectivity index (χ0n) is 9.55. The standard InChI is InChI=1S/C12H8Br2N2O3/c13-9-4-5-11(17)15(7-9)6-8-2-1-3-10(12(8)14)16(18)19/h1-5,7H,6H2. The van der Waals surface area contributed by atoms with Gasteiger partial charge >= 0.3 is 0 Å². The zero-order valence-corrected chi connectivity index (χ0v) is 12.7. The number of halogens is 2. The molecule has 19 heavy (non-hydrogen) atoms. The van der Waals surface area contributed by atoms with Gasteiger partial charge in [0.1, 0.15) is 4.47 Å². The average molecular weight is 388 g/mol. The summed E-state index contributed by atoms with van der Waals surface area (Å²) in [5.41, 5.74) is 0.497. The van der Waals surface area contributed by atoms with Gasteiger partial charge < -0.3 is 4.57 Å². The summed E-state index contributed by atoms with van der Waals surface area (Å²) < 4.78 is 2.65. The Morgan fingerprint density at radius 1 is 1.21 bits per heavy atom. The van der Waals surface area contributed by atoms with Crippen LogP contribution in [0.5, 0.6) is 0 Å². The lowest BCUT2D eigenvalue weighted by Crippen LogP contribution is -2.19. The largest absolute Gasteiger partial charge is 0.310 e. The van der Waals surface area contributed by atoms with Gasteiger partial charge in [-0.1, -0.05) is 12.1 Å². The van der Waals surface area contributed by atoms with Crippen LogP contribution in [0.25, 0.3) is 0 Å². The van der Waals surface area contributed by atoms with Gasteiger partial charge in [-0.3, -0.25) is 14.9 Å². The molecular weight excluding hydrogens is 380 g/mol. The van der Waals surface area contributed by atoms with Gasteiger partial charge in [-0.2, -0.15) is 0 Å². The fraction of sp³-hybridized carbons (Fsp3) is 0.0833. The van der Waals surface area contributed by atoms with Gasteiger partial charge in [-0.25, -0.2) is 0 Å². The third-order valence-electron chi connectivity index (χ3n) is 2.54. The van der Waals surface area contributed by atoms with Crippen LogP contribution in [0.4, 0.5) is 5.69 Å². The number of nitro groups is 1. The van der Waals surface area contributed by atoms with Gasteiger partial charge in [0, 0.05) is 22.8 Å². The van der Waals surface area contributed by atoms with Crippen LogP contribution in [0.3, 0.4) is 0 Å². The second-order valence-corrected chi connectivity index (χ2v) is 5.53. The highest BCUT2D eigenvalue weighted by atomic mass is 79.9. The van der Waals surface area contributed by atoms with E-state index in [0.717, 1.165) is 4.47 Å². The Balaban J connectivity index is 2.44. The molecule has 0 radical (unpaired) electrons. The molecule has 0 saturated heterocycles. The zero-order chi connectivity index (χ0) is 14.0. The second kappa shape index (κ2) is 5.66. The molecule has 1 aromatic carbocycles. The summed E-state index contributed by atoms with van der Waals surface area (Å²) in [4.78, 5) is 22.1. The molecule has 0 atom stereocenters. The lowest BCUT2D eigenvalue weighted by molar-refractivity contribution is -0.385. The first-order valence-electron chi connectivity index (χ1n) is 5.27. The maximum absolute atomic E-state index is 11.7. The highest BCUT2D eigenvalue weighted by Crippen LogP contribution is 2.28. The second-order valence-electron chi connectivity index (χ2n) is 3.82. The van der Waals surface area contributed by atoms with Crippen molar-refractivity contribution >= 4 is 37.5 Å². The Morgan fingerprint density at radius 2 is 1.95 bits per heavy atom. The monoisotopic (exact) mass is 386 g/mol. The van der Waals surface area contributed by atoms with Crippen LogP contribution in [-0.4, -0.2) is 9.49 Å². The third kappa shape index (κ3) is 3.10. The van der Waals surface area contributed by atoms with E-state index in [1.165, 1.54) is 16.7 Å². The topological polar surface area (TPSA) is 65.1 Å². The summed E-state index contributed by atoms with van der Waals surface area (Å²) in [6, 6.07) is 7.85. The average Bonchev–Trinajstić information content (AvgIpc) is 2.36. The molecule has 0 fully saturated rings. The van der Waals surface area contributed by atoms with Crippen LogP contribution in [0, 0.1) is 10.1 Å². The molecule has 2 aromatic rings. The van der Waals surface area contributed by atoms with Crippen molar-refractivity contribution in [3.63, 3.8) is 0 Å². The highest BCUT2D eigenvalue weighted by Gasteiger charge is 2.15. The fourth-order valence-corrected chi connectivity index (χ4v) is 2.55. The lowest BCUT2D eigenvalue weighted by atomic mass is 10.2. The van der Waals surface area contributed by atoms with Crippen molar-refractivity contribution in [2.75, 3.05) is 0 Å². The minimum absolute atomic E-state index is 0.0134. The minimum Gasteiger partial charge on any atom is -0.310 e. The van der Waals surface area contributed by atoms with E-state index >= 15 is 0 Å². The minimum atomic E-state index is -0.461. The molecule has 98 valence electrons. The molecule has 0 aliphatic rings. The predicted molar refractivity (Wildman–Crippen MR) is 78.3 cm³/mol. The molecule has 5 nitrogen and oxygen atoms in total. The molecule has 7 heteroatoms. The first-order valence-corrected chi connectivity index (χ1v) is 6.85. The number of nitro benzene ring substituents is 1. The molecule has 0 saturated carbocycles. The van der Waals surface area contributed by atoms with E-state index in [1.807, 2.05) is 0 Å². The van der Waals surface area contributed by atoms with Gasteiger partial charge in [-0.15, -0.1) is 0 Å². The number of rotatable bonds is 3. The van der Waals surface area contributed by atoms with Gasteiger partial charge in [0.05, 0.1) is 11.5 Å². The van der Waals surface area contributed by atoms with Gasteiger partial charge in [0.25, 0.3) is 11.2 Å². The Labute approximate surface area is 125 Å². The van der Waals surface area contributed by atoms with E-state index in [9.17, 15) is 14.9 Å². The Morgan fingerprint density at radius 3 is 2.63 bits per heavy atom. The first kappa shape index (κ1) is 14.0. The number of benzene rings is 1. The van der Waals surface area contributed by atoms with Crippen LogP contribution < -0.4 is 5.56 Å². The molecule has 1 aromatic heterocycles. The van der Waals surface area contributed by atoms with Crippen molar-refractivity contribution in [2.24, 2.45) is 0 Å². The van der Waals surface area contributed by atoms with E-state index in [-0.39, 0.29) is 17.8 Å². The van der Waals surface area contributed by atoms with Crippen molar-refractivity contribution in [3.8, 4) is 0 Å². The molecule has 0 spiro atoms. The molecule has 2 rings (SSSR count). The summed E-state index contributed by atoms with van der Waals surface area (Å²) in [5, 5.41) is 10.8. The van der Waals surface area contributed by atoms with Crippen LogP contribution in [-0.2, 0) is 6.54 Å². The van der Waals surface area contributed by atoms with Gasteiger partial charge in [0.2, 0.25) is 0 Å². The van der Waals surface area contributed by atoms with E-state index in [2.05, 4.69) is 31.9 Å². The lowest BCUT2D eigenvalue weighted by Gasteiger charge is -2.08. The number of hydrogen-bond donors (Lipinski definition) is 0. The highest BCUT2D eigenvalue weighted by molar-refractivity contribution is 9.10. The predicted octanol–water partition coefficient (Wildman–Crippen LogP) is 3.33. The molecule has 0 unspecified atom stereocenters. The fourth-order valence-electron chi connectivity index (χ4n) is 1.64. The first-order chi connectivity index (χ1) is 8.99. The third-order valence-corrected chi connectivity index (χ3v) is 3.93. The Hall–Kier alpha value is -1.47. The molecule has 0 aliphatic carbocycles. The maximum atomic E-state index is 11.7. The van der Waals surface area contributed by atoms with Crippen LogP contribution in [0.15, 0.2) is 50.3 Å². The van der Waals surface area contributed by atoms with Gasteiger partial charge in [-0.05, 0) is 43.5 Å². The Kier molecular flexibility index (Phi) is 4.16. The van der Waals surface area contributed by atoms with E-state index in [0.29, 0.717) is 10.0 Å². The quantitative estimate of drug-likeness (QED) is 0.599. The SMILES string of the molecule is O=c1ccc(Br)cn1Cc1cccc([N+](=O)[O-])c1Br.